The summed E-state index contributed by atoms with van der Waals surface area (Å²) in [5, 5.41) is 0. The summed E-state index contributed by atoms with van der Waals surface area (Å²) in [5.41, 5.74) is 2.47. The molecule has 0 fully saturated rings. The molecule has 0 aliphatic carbocycles. The molecule has 98 valence electrons. The van der Waals surface area contributed by atoms with Crippen molar-refractivity contribution < 1.29 is 4.74 Å². The Morgan fingerprint density at radius 1 is 0.842 bits per heavy atom. The van der Waals surface area contributed by atoms with Crippen molar-refractivity contribution in [1.82, 2.24) is 0 Å². The Morgan fingerprint density at radius 2 is 1.42 bits per heavy atom. The van der Waals surface area contributed by atoms with E-state index in [9.17, 15) is 0 Å². The Bertz CT molecular complexity index is 468. The maximum Gasteiger partial charge on any atom is 0.119 e. The lowest BCUT2D eigenvalue weighted by molar-refractivity contribution is 0.309. The average molecular weight is 252 g/mol. The van der Waals surface area contributed by atoms with Crippen LogP contribution in [0.15, 0.2) is 54.6 Å². The minimum absolute atomic E-state index is 0.807. The molecule has 0 N–H and O–H groups in total. The van der Waals surface area contributed by atoms with Crippen molar-refractivity contribution in [3.63, 3.8) is 0 Å². The molecule has 0 spiro atoms. The normalized spacial score (nSPS) is 9.21. The van der Waals surface area contributed by atoms with E-state index < -0.39 is 0 Å². The number of hydrogen-bond acceptors (Lipinski definition) is 1. The molecule has 0 aliphatic heterocycles. The highest BCUT2D eigenvalue weighted by molar-refractivity contribution is 5.63. The molecule has 0 heterocycles. The molecular formula is C18H20O. The zero-order chi connectivity index (χ0) is 13.9. The summed E-state index contributed by atoms with van der Waals surface area (Å²) >= 11 is 0. The third kappa shape index (κ3) is 4.89. The summed E-state index contributed by atoms with van der Waals surface area (Å²) in [6, 6.07) is 18.7. The fourth-order valence-electron chi connectivity index (χ4n) is 1.71. The van der Waals surface area contributed by atoms with E-state index in [1.165, 1.54) is 17.5 Å². The lowest BCUT2D eigenvalue weighted by atomic mass is 10.1. The van der Waals surface area contributed by atoms with Crippen molar-refractivity contribution in [2.75, 3.05) is 6.61 Å². The lowest BCUT2D eigenvalue weighted by Crippen LogP contribution is -1.95. The van der Waals surface area contributed by atoms with Crippen molar-refractivity contribution in [2.24, 2.45) is 0 Å². The maximum atomic E-state index is 5.64. The van der Waals surface area contributed by atoms with E-state index in [1.54, 1.807) is 0 Å². The first kappa shape index (κ1) is 14.9. The van der Waals surface area contributed by atoms with Gasteiger partial charge in [0.25, 0.3) is 0 Å². The van der Waals surface area contributed by atoms with Gasteiger partial charge in [-0.2, -0.15) is 0 Å². The van der Waals surface area contributed by atoms with Crippen LogP contribution in [-0.2, 0) is 0 Å². The summed E-state index contributed by atoms with van der Waals surface area (Å²) < 4.78 is 5.64. The molecular weight excluding hydrogens is 232 g/mol. The molecule has 0 aromatic heterocycles. The number of ether oxygens (including phenoxy) is 1. The van der Waals surface area contributed by atoms with Gasteiger partial charge < -0.3 is 4.74 Å². The van der Waals surface area contributed by atoms with Crippen molar-refractivity contribution in [2.45, 2.75) is 19.8 Å². The van der Waals surface area contributed by atoms with Gasteiger partial charge in [0.15, 0.2) is 0 Å². The zero-order valence-corrected chi connectivity index (χ0v) is 11.4. The highest BCUT2D eigenvalue weighted by atomic mass is 16.5. The van der Waals surface area contributed by atoms with Crippen LogP contribution in [-0.4, -0.2) is 6.61 Å². The van der Waals surface area contributed by atoms with Crippen molar-refractivity contribution in [3.05, 3.63) is 54.6 Å². The lowest BCUT2D eigenvalue weighted by Gasteiger charge is -2.06. The monoisotopic (exact) mass is 252 g/mol. The van der Waals surface area contributed by atoms with E-state index in [0.717, 1.165) is 18.8 Å². The van der Waals surface area contributed by atoms with Gasteiger partial charge in [-0.25, -0.2) is 0 Å². The molecule has 0 aliphatic rings. The molecule has 0 saturated carbocycles. The highest BCUT2D eigenvalue weighted by Crippen LogP contribution is 2.22. The fraction of sp³-hybridized carbons (Fsp3) is 0.222. The number of terminal acetylenes is 1. The number of unbranched alkanes of at least 4 members (excludes halogenated alkanes) is 1. The van der Waals surface area contributed by atoms with Crippen LogP contribution in [0.4, 0.5) is 0 Å². The molecule has 0 amide bonds. The standard InChI is InChI=1S/C16H18O.C2H2/c1-2-3-13-17-16-11-9-15(10-12-16)14-7-5-4-6-8-14;1-2/h4-12H,2-3,13H2,1H3;1-2H. The van der Waals surface area contributed by atoms with Gasteiger partial charge >= 0.3 is 0 Å². The van der Waals surface area contributed by atoms with Crippen LogP contribution in [0.25, 0.3) is 11.1 Å². The fourth-order valence-corrected chi connectivity index (χ4v) is 1.71. The third-order valence-electron chi connectivity index (χ3n) is 2.73. The van der Waals surface area contributed by atoms with Crippen LogP contribution < -0.4 is 4.74 Å². The number of hydrogen-bond donors (Lipinski definition) is 0. The molecule has 19 heavy (non-hydrogen) atoms. The maximum absolute atomic E-state index is 5.64. The molecule has 2 rings (SSSR count). The molecule has 2 aromatic carbocycles. The van der Waals surface area contributed by atoms with Crippen LogP contribution in [0.5, 0.6) is 5.75 Å². The van der Waals surface area contributed by atoms with E-state index >= 15 is 0 Å². The first-order chi connectivity index (χ1) is 9.40. The Kier molecular flexibility index (Phi) is 6.90. The second-order valence-electron chi connectivity index (χ2n) is 4.09. The summed E-state index contributed by atoms with van der Waals surface area (Å²) in [4.78, 5) is 0. The summed E-state index contributed by atoms with van der Waals surface area (Å²) in [5.74, 6) is 0.957. The molecule has 1 nitrogen and oxygen atoms in total. The Balaban J connectivity index is 0.000000861. The molecule has 0 unspecified atom stereocenters. The van der Waals surface area contributed by atoms with Gasteiger partial charge in [-0.1, -0.05) is 55.8 Å². The number of rotatable bonds is 5. The first-order valence-corrected chi connectivity index (χ1v) is 6.52. The van der Waals surface area contributed by atoms with Crippen molar-refractivity contribution in [3.8, 4) is 29.7 Å². The average Bonchev–Trinajstić information content (AvgIpc) is 2.51. The van der Waals surface area contributed by atoms with Gasteiger partial charge in [-0.05, 0) is 29.7 Å². The molecule has 0 radical (unpaired) electrons. The molecule has 1 heteroatoms. The summed E-state index contributed by atoms with van der Waals surface area (Å²) in [6.45, 7) is 2.98. The quantitative estimate of drug-likeness (QED) is 0.549. The van der Waals surface area contributed by atoms with Gasteiger partial charge in [-0.15, -0.1) is 12.8 Å². The SMILES string of the molecule is C#C.CCCCOc1ccc(-c2ccccc2)cc1. The largest absolute Gasteiger partial charge is 0.494 e. The van der Waals surface area contributed by atoms with Crippen molar-refractivity contribution in [1.29, 1.82) is 0 Å². The topological polar surface area (TPSA) is 9.23 Å². The van der Waals surface area contributed by atoms with E-state index in [2.05, 4.69) is 56.2 Å². The van der Waals surface area contributed by atoms with Gasteiger partial charge in [0.1, 0.15) is 5.75 Å². The molecule has 2 aromatic rings. The third-order valence-corrected chi connectivity index (χ3v) is 2.73. The van der Waals surface area contributed by atoms with Crippen LogP contribution in [0, 0.1) is 12.8 Å². The Hall–Kier alpha value is -2.20. The zero-order valence-electron chi connectivity index (χ0n) is 11.4. The van der Waals surface area contributed by atoms with Gasteiger partial charge in [0.2, 0.25) is 0 Å². The predicted octanol–water partition coefficient (Wildman–Crippen LogP) is 4.78. The first-order valence-electron chi connectivity index (χ1n) is 6.52. The van der Waals surface area contributed by atoms with Gasteiger partial charge in [-0.3, -0.25) is 0 Å². The van der Waals surface area contributed by atoms with Crippen LogP contribution in [0.3, 0.4) is 0 Å². The molecule has 0 saturated heterocycles. The summed E-state index contributed by atoms with van der Waals surface area (Å²) in [7, 11) is 0. The second-order valence-corrected chi connectivity index (χ2v) is 4.09. The van der Waals surface area contributed by atoms with Crippen LogP contribution in [0.2, 0.25) is 0 Å². The van der Waals surface area contributed by atoms with Gasteiger partial charge in [0.05, 0.1) is 6.61 Å². The van der Waals surface area contributed by atoms with E-state index in [-0.39, 0.29) is 0 Å². The van der Waals surface area contributed by atoms with Gasteiger partial charge in [0, 0.05) is 0 Å². The van der Waals surface area contributed by atoms with E-state index in [4.69, 9.17) is 4.74 Å². The van der Waals surface area contributed by atoms with Crippen LogP contribution >= 0.6 is 0 Å². The number of benzene rings is 2. The summed E-state index contributed by atoms with van der Waals surface area (Å²) in [6.07, 6.45) is 10.3. The minimum Gasteiger partial charge on any atom is -0.494 e. The van der Waals surface area contributed by atoms with E-state index in [0.29, 0.717) is 0 Å². The Labute approximate surface area is 116 Å². The smallest absolute Gasteiger partial charge is 0.119 e. The minimum atomic E-state index is 0.807. The highest BCUT2D eigenvalue weighted by Gasteiger charge is 1.97. The van der Waals surface area contributed by atoms with Crippen molar-refractivity contribution >= 4 is 0 Å². The second kappa shape index (κ2) is 8.83. The van der Waals surface area contributed by atoms with Crippen LogP contribution in [0.1, 0.15) is 19.8 Å². The predicted molar refractivity (Wildman–Crippen MR) is 82.2 cm³/mol. The molecule has 0 bridgehead atoms. The van der Waals surface area contributed by atoms with E-state index in [1.807, 2.05) is 18.2 Å². The Morgan fingerprint density at radius 3 is 2.00 bits per heavy atom. The molecule has 0 atom stereocenters.